The van der Waals surface area contributed by atoms with Gasteiger partial charge in [0.1, 0.15) is 0 Å². The highest BCUT2D eigenvalue weighted by atomic mass is 79.9. The number of hydrogen-bond donors (Lipinski definition) is 0. The first-order chi connectivity index (χ1) is 8.27. The van der Waals surface area contributed by atoms with E-state index in [9.17, 15) is 0 Å². The van der Waals surface area contributed by atoms with Crippen molar-refractivity contribution in [1.82, 2.24) is 0 Å². The SMILES string of the molecule is CCC/C(Br)=C(\C#Cc1ccccc1)CCC. The second-order valence-electron chi connectivity index (χ2n) is 4.00. The molecule has 1 aromatic carbocycles. The topological polar surface area (TPSA) is 0 Å². The number of rotatable bonds is 4. The Hall–Kier alpha value is -1.00. The summed E-state index contributed by atoms with van der Waals surface area (Å²) in [4.78, 5) is 0. The monoisotopic (exact) mass is 290 g/mol. The zero-order chi connectivity index (χ0) is 12.5. The van der Waals surface area contributed by atoms with E-state index in [4.69, 9.17) is 0 Å². The second kappa shape index (κ2) is 8.14. The molecule has 17 heavy (non-hydrogen) atoms. The van der Waals surface area contributed by atoms with Crippen LogP contribution in [0.1, 0.15) is 45.1 Å². The van der Waals surface area contributed by atoms with E-state index in [0.29, 0.717) is 0 Å². The minimum absolute atomic E-state index is 1.06. The van der Waals surface area contributed by atoms with E-state index in [1.807, 2.05) is 30.3 Å². The molecule has 1 rings (SSSR count). The van der Waals surface area contributed by atoms with E-state index in [2.05, 4.69) is 41.6 Å². The number of halogens is 1. The summed E-state index contributed by atoms with van der Waals surface area (Å²) in [5.41, 5.74) is 2.33. The maximum Gasteiger partial charge on any atom is 0.0248 e. The lowest BCUT2D eigenvalue weighted by Gasteiger charge is -2.02. The van der Waals surface area contributed by atoms with Crippen LogP contribution in [-0.4, -0.2) is 0 Å². The van der Waals surface area contributed by atoms with Crippen LogP contribution in [0.2, 0.25) is 0 Å². The molecule has 1 aromatic rings. The highest BCUT2D eigenvalue weighted by molar-refractivity contribution is 9.11. The molecule has 0 saturated carbocycles. The molecule has 0 saturated heterocycles. The van der Waals surface area contributed by atoms with Gasteiger partial charge < -0.3 is 0 Å². The molecular weight excluding hydrogens is 272 g/mol. The molecule has 0 aliphatic carbocycles. The quantitative estimate of drug-likeness (QED) is 0.661. The molecule has 0 heterocycles. The van der Waals surface area contributed by atoms with E-state index in [-0.39, 0.29) is 0 Å². The molecule has 0 atom stereocenters. The zero-order valence-corrected chi connectivity index (χ0v) is 12.2. The van der Waals surface area contributed by atoms with Gasteiger partial charge in [0.05, 0.1) is 0 Å². The fourth-order valence-electron chi connectivity index (χ4n) is 1.56. The van der Waals surface area contributed by atoms with Gasteiger partial charge in [0, 0.05) is 15.6 Å². The minimum Gasteiger partial charge on any atom is -0.0653 e. The molecule has 1 heteroatoms. The molecule has 0 spiro atoms. The fourth-order valence-corrected chi connectivity index (χ4v) is 2.25. The smallest absolute Gasteiger partial charge is 0.0248 e. The van der Waals surface area contributed by atoms with Crippen LogP contribution in [0.4, 0.5) is 0 Å². The molecule has 0 aromatic heterocycles. The van der Waals surface area contributed by atoms with Gasteiger partial charge >= 0.3 is 0 Å². The van der Waals surface area contributed by atoms with Crippen LogP contribution in [0.3, 0.4) is 0 Å². The van der Waals surface area contributed by atoms with Gasteiger partial charge in [-0.3, -0.25) is 0 Å². The summed E-state index contributed by atoms with van der Waals surface area (Å²) >= 11 is 3.66. The molecule has 0 nitrogen and oxygen atoms in total. The first-order valence-corrected chi connectivity index (χ1v) is 7.01. The van der Waals surface area contributed by atoms with Gasteiger partial charge in [-0.2, -0.15) is 0 Å². The summed E-state index contributed by atoms with van der Waals surface area (Å²) < 4.78 is 1.27. The Kier molecular flexibility index (Phi) is 6.74. The lowest BCUT2D eigenvalue weighted by molar-refractivity contribution is 0.893. The van der Waals surface area contributed by atoms with Crippen molar-refractivity contribution < 1.29 is 0 Å². The van der Waals surface area contributed by atoms with Gasteiger partial charge in [0.25, 0.3) is 0 Å². The molecule has 0 radical (unpaired) electrons. The highest BCUT2D eigenvalue weighted by Gasteiger charge is 1.99. The maximum atomic E-state index is 3.66. The minimum atomic E-state index is 1.06. The van der Waals surface area contributed by atoms with Crippen LogP contribution in [0.15, 0.2) is 40.4 Å². The van der Waals surface area contributed by atoms with Gasteiger partial charge in [-0.05, 0) is 25.0 Å². The predicted molar refractivity (Wildman–Crippen MR) is 79.1 cm³/mol. The molecule has 90 valence electrons. The zero-order valence-electron chi connectivity index (χ0n) is 10.6. The Labute approximate surface area is 113 Å². The Morgan fingerprint density at radius 1 is 1.06 bits per heavy atom. The van der Waals surface area contributed by atoms with Crippen LogP contribution in [-0.2, 0) is 0 Å². The third-order valence-electron chi connectivity index (χ3n) is 2.43. The van der Waals surface area contributed by atoms with Crippen molar-refractivity contribution in [2.75, 3.05) is 0 Å². The maximum absolute atomic E-state index is 3.66. The molecule has 0 aliphatic rings. The molecule has 0 aliphatic heterocycles. The van der Waals surface area contributed by atoms with Crippen molar-refractivity contribution in [1.29, 1.82) is 0 Å². The molecule has 0 fully saturated rings. The lowest BCUT2D eigenvalue weighted by Crippen LogP contribution is -1.85. The summed E-state index contributed by atoms with van der Waals surface area (Å²) in [6.45, 7) is 4.38. The standard InChI is InChI=1S/C16H19Br/c1-3-8-15(16(17)9-4-2)13-12-14-10-6-5-7-11-14/h5-7,10-11H,3-4,8-9H2,1-2H3/b16-15+. The van der Waals surface area contributed by atoms with E-state index < -0.39 is 0 Å². The average molecular weight is 291 g/mol. The fraction of sp³-hybridized carbons (Fsp3) is 0.375. The van der Waals surface area contributed by atoms with Crippen LogP contribution in [0, 0.1) is 11.8 Å². The van der Waals surface area contributed by atoms with Crippen LogP contribution < -0.4 is 0 Å². The molecular formula is C16H19Br. The second-order valence-corrected chi connectivity index (χ2v) is 4.96. The van der Waals surface area contributed by atoms with E-state index in [1.165, 1.54) is 10.1 Å². The van der Waals surface area contributed by atoms with Crippen LogP contribution >= 0.6 is 15.9 Å². The van der Waals surface area contributed by atoms with Crippen molar-refractivity contribution in [2.45, 2.75) is 39.5 Å². The molecule has 0 N–H and O–H groups in total. The average Bonchev–Trinajstić information content (AvgIpc) is 2.36. The van der Waals surface area contributed by atoms with E-state index >= 15 is 0 Å². The molecule has 0 bridgehead atoms. The third-order valence-corrected chi connectivity index (χ3v) is 3.30. The first-order valence-electron chi connectivity index (χ1n) is 6.22. The Balaban J connectivity index is 2.88. The highest BCUT2D eigenvalue weighted by Crippen LogP contribution is 2.21. The summed E-state index contributed by atoms with van der Waals surface area (Å²) in [6, 6.07) is 10.2. The van der Waals surface area contributed by atoms with E-state index in [0.717, 1.165) is 31.2 Å². The Bertz CT molecular complexity index is 418. The van der Waals surface area contributed by atoms with Crippen LogP contribution in [0.25, 0.3) is 0 Å². The van der Waals surface area contributed by atoms with Crippen molar-refractivity contribution in [3.63, 3.8) is 0 Å². The summed E-state index contributed by atoms with van der Waals surface area (Å²) in [5.74, 6) is 6.54. The summed E-state index contributed by atoms with van der Waals surface area (Å²) in [5, 5.41) is 0. The predicted octanol–water partition coefficient (Wildman–Crippen LogP) is 5.29. The largest absolute Gasteiger partial charge is 0.0653 e. The van der Waals surface area contributed by atoms with Crippen LogP contribution in [0.5, 0.6) is 0 Å². The van der Waals surface area contributed by atoms with Gasteiger partial charge in [-0.25, -0.2) is 0 Å². The summed E-state index contributed by atoms with van der Waals surface area (Å²) in [6.07, 6.45) is 4.43. The van der Waals surface area contributed by atoms with Gasteiger partial charge in [-0.1, -0.05) is 72.7 Å². The van der Waals surface area contributed by atoms with Gasteiger partial charge in [-0.15, -0.1) is 0 Å². The van der Waals surface area contributed by atoms with Gasteiger partial charge in [0.2, 0.25) is 0 Å². The lowest BCUT2D eigenvalue weighted by atomic mass is 10.1. The Morgan fingerprint density at radius 2 is 1.71 bits per heavy atom. The van der Waals surface area contributed by atoms with E-state index in [1.54, 1.807) is 0 Å². The number of allylic oxidation sites excluding steroid dienone is 2. The van der Waals surface area contributed by atoms with Gasteiger partial charge in [0.15, 0.2) is 0 Å². The number of benzene rings is 1. The molecule has 0 unspecified atom stereocenters. The van der Waals surface area contributed by atoms with Crippen molar-refractivity contribution in [3.8, 4) is 11.8 Å². The summed E-state index contributed by atoms with van der Waals surface area (Å²) in [7, 11) is 0. The number of hydrogen-bond acceptors (Lipinski definition) is 0. The van der Waals surface area contributed by atoms with Crippen molar-refractivity contribution >= 4 is 15.9 Å². The first kappa shape index (κ1) is 14.1. The normalized spacial score (nSPS) is 11.5. The third kappa shape index (κ3) is 5.24. The van der Waals surface area contributed by atoms with Crippen molar-refractivity contribution in [3.05, 3.63) is 46.0 Å². The van der Waals surface area contributed by atoms with Crippen molar-refractivity contribution in [2.24, 2.45) is 0 Å². The molecule has 0 amide bonds. The Morgan fingerprint density at radius 3 is 2.29 bits per heavy atom.